The van der Waals surface area contributed by atoms with Gasteiger partial charge in [-0.15, -0.1) is 0 Å². The highest BCUT2D eigenvalue weighted by Crippen LogP contribution is 3.07. The van der Waals surface area contributed by atoms with Gasteiger partial charge in [-0.2, -0.15) is 0 Å². The average Bonchev–Trinajstić information content (AvgIpc) is 2.16. The summed E-state index contributed by atoms with van der Waals surface area (Å²) in [6.45, 7) is 2.32. The smallest absolute Gasteiger partial charge is 0.209 e. The average molecular weight is 225 g/mol. The van der Waals surface area contributed by atoms with E-state index in [1.807, 2.05) is 0 Å². The van der Waals surface area contributed by atoms with Crippen LogP contribution in [0.1, 0.15) is 13.3 Å². The van der Waals surface area contributed by atoms with Crippen molar-refractivity contribution < 1.29 is 8.42 Å². The summed E-state index contributed by atoms with van der Waals surface area (Å²) in [5, 5.41) is 0. The number of rotatable bonds is 3. The summed E-state index contributed by atoms with van der Waals surface area (Å²) in [6.07, 6.45) is 2.65. The maximum Gasteiger partial charge on any atom is 0.209 e. The lowest BCUT2D eigenvalue weighted by Crippen LogP contribution is -3.15. The summed E-state index contributed by atoms with van der Waals surface area (Å²) in [4.78, 5) is 0. The molecule has 6 aliphatic carbocycles. The Kier molecular flexibility index (Phi) is 0.868. The Labute approximate surface area is 89.7 Å². The second kappa shape index (κ2) is 1.61. The Hall–Kier alpha value is -0.0900. The zero-order valence-corrected chi connectivity index (χ0v) is 9.71. The Morgan fingerprint density at radius 2 is 1.53 bits per heavy atom. The third-order valence-corrected chi connectivity index (χ3v) is 7.54. The van der Waals surface area contributed by atoms with Gasteiger partial charge in [0.1, 0.15) is 0 Å². The van der Waals surface area contributed by atoms with Crippen LogP contribution in [0.3, 0.4) is 0 Å². The van der Waals surface area contributed by atoms with Crippen LogP contribution < -0.4 is 4.72 Å². The van der Waals surface area contributed by atoms with Crippen LogP contribution in [-0.4, -0.2) is 20.2 Å². The zero-order chi connectivity index (χ0) is 10.4. The third kappa shape index (κ3) is 0.416. The Balaban J connectivity index is 1.54. The molecule has 0 saturated heterocycles. The number of sulfonamides is 1. The predicted molar refractivity (Wildman–Crippen MR) is 54.4 cm³/mol. The molecular formula is C11H15NO2S. The van der Waals surface area contributed by atoms with Crippen LogP contribution in [0.25, 0.3) is 0 Å². The lowest BCUT2D eigenvalue weighted by Gasteiger charge is -3.11. The molecule has 0 aromatic carbocycles. The second-order valence-electron chi connectivity index (χ2n) is 6.43. The van der Waals surface area contributed by atoms with Crippen molar-refractivity contribution in [2.45, 2.75) is 18.9 Å². The largest absolute Gasteiger partial charge is 0.213 e. The molecule has 1 N–H and O–H groups in total. The van der Waals surface area contributed by atoms with Crippen molar-refractivity contribution >= 4 is 10.0 Å². The maximum atomic E-state index is 11.4. The van der Waals surface area contributed by atoms with E-state index in [1.54, 1.807) is 0 Å². The van der Waals surface area contributed by atoms with Gasteiger partial charge < -0.3 is 0 Å². The van der Waals surface area contributed by atoms with Crippen LogP contribution in [0.4, 0.5) is 0 Å². The van der Waals surface area contributed by atoms with E-state index in [9.17, 15) is 8.42 Å². The fourth-order valence-electron chi connectivity index (χ4n) is 6.98. The van der Waals surface area contributed by atoms with Crippen molar-refractivity contribution in [2.24, 2.45) is 40.9 Å². The van der Waals surface area contributed by atoms with Crippen molar-refractivity contribution in [3.63, 3.8) is 0 Å². The highest BCUT2D eigenvalue weighted by atomic mass is 32.2. The number of hydrogen-bond acceptors (Lipinski definition) is 2. The fraction of sp³-hybridized carbons (Fsp3) is 1.00. The molecule has 0 atom stereocenters. The van der Waals surface area contributed by atoms with E-state index in [2.05, 4.69) is 11.6 Å². The zero-order valence-electron chi connectivity index (χ0n) is 8.90. The summed E-state index contributed by atoms with van der Waals surface area (Å²) >= 11 is 0. The molecule has 0 unspecified atom stereocenters. The van der Waals surface area contributed by atoms with E-state index in [1.165, 1.54) is 12.7 Å². The van der Waals surface area contributed by atoms with Gasteiger partial charge in [0.05, 0.1) is 6.26 Å². The van der Waals surface area contributed by atoms with Crippen LogP contribution in [0.5, 0.6) is 0 Å². The van der Waals surface area contributed by atoms with E-state index in [4.69, 9.17) is 0 Å². The van der Waals surface area contributed by atoms with E-state index in [-0.39, 0.29) is 5.54 Å². The van der Waals surface area contributed by atoms with Gasteiger partial charge in [0.2, 0.25) is 10.0 Å². The first-order valence-corrected chi connectivity index (χ1v) is 7.88. The van der Waals surface area contributed by atoms with E-state index < -0.39 is 10.0 Å². The van der Waals surface area contributed by atoms with Crippen LogP contribution in [-0.2, 0) is 10.0 Å². The summed E-state index contributed by atoms with van der Waals surface area (Å²) in [5.74, 6) is 4.97. The fourth-order valence-corrected chi connectivity index (χ4v) is 8.03. The molecule has 0 spiro atoms. The Morgan fingerprint density at radius 1 is 1.07 bits per heavy atom. The van der Waals surface area contributed by atoms with Crippen LogP contribution >= 0.6 is 0 Å². The molecule has 0 aromatic rings. The molecule has 0 amide bonds. The Morgan fingerprint density at radius 3 is 1.87 bits per heavy atom. The normalized spacial score (nSPS) is 74.3. The molecule has 4 heteroatoms. The number of nitrogens with one attached hydrogen (secondary N) is 1. The summed E-state index contributed by atoms with van der Waals surface area (Å²) < 4.78 is 25.7. The molecule has 0 heterocycles. The monoisotopic (exact) mass is 225 g/mol. The van der Waals surface area contributed by atoms with Crippen molar-refractivity contribution in [1.82, 2.24) is 4.72 Å². The van der Waals surface area contributed by atoms with E-state index in [0.717, 1.165) is 40.9 Å². The van der Waals surface area contributed by atoms with Gasteiger partial charge in [-0.3, -0.25) is 0 Å². The van der Waals surface area contributed by atoms with Gasteiger partial charge in [-0.25, -0.2) is 13.1 Å². The highest BCUT2D eigenvalue weighted by Gasteiger charge is 3.09. The third-order valence-electron chi connectivity index (χ3n) is 6.81. The van der Waals surface area contributed by atoms with Crippen LogP contribution in [0, 0.1) is 40.9 Å². The Bertz CT molecular complexity index is 455. The minimum absolute atomic E-state index is 0.0878. The first-order valence-electron chi connectivity index (χ1n) is 5.99. The molecule has 6 rings (SSSR count). The molecule has 0 aromatic heterocycles. The van der Waals surface area contributed by atoms with Gasteiger partial charge in [0.15, 0.2) is 0 Å². The van der Waals surface area contributed by atoms with Gasteiger partial charge >= 0.3 is 0 Å². The lowest BCUT2D eigenvalue weighted by atomic mass is 8.94. The standard InChI is InChI=1S/C11H15NO2S/c1-3-10-4-7-5(10)9-6(10)8(4)11(7,9)12-15(2,13)14/h4-9,12H,3H2,1-2H3. The molecule has 6 saturated carbocycles. The van der Waals surface area contributed by atoms with Crippen molar-refractivity contribution in [2.75, 3.05) is 6.26 Å². The second-order valence-corrected chi connectivity index (χ2v) is 8.18. The van der Waals surface area contributed by atoms with E-state index in [0.29, 0.717) is 0 Å². The minimum Gasteiger partial charge on any atom is -0.213 e. The first kappa shape index (κ1) is 8.07. The molecular weight excluding hydrogens is 210 g/mol. The maximum absolute atomic E-state index is 11.4. The highest BCUT2D eigenvalue weighted by molar-refractivity contribution is 7.88. The van der Waals surface area contributed by atoms with Crippen molar-refractivity contribution in [3.8, 4) is 0 Å². The van der Waals surface area contributed by atoms with Crippen LogP contribution in [0.15, 0.2) is 0 Å². The van der Waals surface area contributed by atoms with Crippen LogP contribution in [0.2, 0.25) is 0 Å². The molecule has 3 nitrogen and oxygen atoms in total. The lowest BCUT2D eigenvalue weighted by molar-refractivity contribution is -0.624. The molecule has 0 aliphatic heterocycles. The van der Waals surface area contributed by atoms with Gasteiger partial charge in [0, 0.05) is 5.54 Å². The minimum atomic E-state index is -2.99. The molecule has 6 fully saturated rings. The molecule has 0 radical (unpaired) electrons. The predicted octanol–water partition coefficient (Wildman–Crippen LogP) is 0.436. The van der Waals surface area contributed by atoms with E-state index >= 15 is 0 Å². The summed E-state index contributed by atoms with van der Waals surface area (Å²) in [5.41, 5.74) is 0.811. The quantitative estimate of drug-likeness (QED) is 0.757. The van der Waals surface area contributed by atoms with Gasteiger partial charge in [-0.1, -0.05) is 6.92 Å². The summed E-state index contributed by atoms with van der Waals surface area (Å²) in [7, 11) is -2.99. The van der Waals surface area contributed by atoms with Gasteiger partial charge in [-0.05, 0) is 47.3 Å². The molecule has 82 valence electrons. The molecule has 6 aliphatic rings. The van der Waals surface area contributed by atoms with Crippen molar-refractivity contribution in [1.29, 1.82) is 0 Å². The number of hydrogen-bond donors (Lipinski definition) is 1. The SMILES string of the molecule is CCC12C3C4C1C1C2C3C41NS(C)(=O)=O. The van der Waals surface area contributed by atoms with Crippen molar-refractivity contribution in [3.05, 3.63) is 0 Å². The first-order chi connectivity index (χ1) is 7.00. The topological polar surface area (TPSA) is 46.2 Å². The molecule has 0 bridgehead atoms. The molecule has 15 heavy (non-hydrogen) atoms. The van der Waals surface area contributed by atoms with Gasteiger partial charge in [0.25, 0.3) is 0 Å². The summed E-state index contributed by atoms with van der Waals surface area (Å²) in [6, 6.07) is 0.